The molecule has 1 saturated heterocycles. The highest BCUT2D eigenvalue weighted by Crippen LogP contribution is 2.29. The van der Waals surface area contributed by atoms with Gasteiger partial charge in [-0.3, -0.25) is 4.90 Å². The lowest BCUT2D eigenvalue weighted by molar-refractivity contribution is -0.139. The molecule has 1 atom stereocenters. The van der Waals surface area contributed by atoms with E-state index in [1.165, 1.54) is 0 Å². The van der Waals surface area contributed by atoms with E-state index < -0.39 is 12.0 Å². The maximum atomic E-state index is 12.8. The molecule has 8 heteroatoms. The Balaban J connectivity index is 1.90. The van der Waals surface area contributed by atoms with Gasteiger partial charge in [-0.2, -0.15) is 0 Å². The minimum atomic E-state index is -0.572. The molecular weight excluding hydrogens is 380 g/mol. The Kier molecular flexibility index (Phi) is 6.93. The Morgan fingerprint density at radius 3 is 2.39 bits per heavy atom. The lowest BCUT2D eigenvalue weighted by Gasteiger charge is -2.36. The van der Waals surface area contributed by atoms with Gasteiger partial charge < -0.3 is 20.3 Å². The number of ether oxygens (including phenoxy) is 1. The molecule has 28 heavy (non-hydrogen) atoms. The highest BCUT2D eigenvalue weighted by molar-refractivity contribution is 6.30. The number of nitrogens with zero attached hydrogens (tertiary/aromatic N) is 2. The van der Waals surface area contributed by atoms with Crippen molar-refractivity contribution < 1.29 is 14.3 Å². The first-order valence-corrected chi connectivity index (χ1v) is 10.1. The Hall–Kier alpha value is -2.09. The molecular formula is C20H27ClN4O3. The average Bonchev–Trinajstić information content (AvgIpc) is 2.69. The number of likely N-dealkylation sites (N-methyl/N-ethyl adjacent to an activating group) is 1. The van der Waals surface area contributed by atoms with Gasteiger partial charge in [0, 0.05) is 43.4 Å². The van der Waals surface area contributed by atoms with E-state index in [1.54, 1.807) is 19.1 Å². The van der Waals surface area contributed by atoms with E-state index in [2.05, 4.69) is 27.4 Å². The van der Waals surface area contributed by atoms with Crippen LogP contribution in [0.5, 0.6) is 0 Å². The van der Waals surface area contributed by atoms with Crippen LogP contribution in [-0.4, -0.2) is 67.7 Å². The summed E-state index contributed by atoms with van der Waals surface area (Å²) in [6.45, 7) is 9.47. The predicted octanol–water partition coefficient (Wildman–Crippen LogP) is 2.15. The molecule has 1 aromatic carbocycles. The van der Waals surface area contributed by atoms with Gasteiger partial charge in [0.15, 0.2) is 0 Å². The number of hydrogen-bond acceptors (Lipinski definition) is 5. The van der Waals surface area contributed by atoms with E-state index >= 15 is 0 Å². The molecule has 152 valence electrons. The molecule has 2 heterocycles. The number of piperazine rings is 1. The zero-order valence-corrected chi connectivity index (χ0v) is 17.1. The molecule has 0 saturated carbocycles. The van der Waals surface area contributed by atoms with E-state index in [4.69, 9.17) is 16.3 Å². The van der Waals surface area contributed by atoms with Gasteiger partial charge >= 0.3 is 12.0 Å². The highest BCUT2D eigenvalue weighted by atomic mass is 35.5. The first-order chi connectivity index (χ1) is 13.5. The van der Waals surface area contributed by atoms with Gasteiger partial charge in [0.2, 0.25) is 0 Å². The van der Waals surface area contributed by atoms with Crippen molar-refractivity contribution in [2.75, 3.05) is 45.9 Å². The number of nitrogens with one attached hydrogen (secondary N) is 2. The fraction of sp³-hybridized carbons (Fsp3) is 0.500. The predicted molar refractivity (Wildman–Crippen MR) is 108 cm³/mol. The largest absolute Gasteiger partial charge is 0.463 e. The van der Waals surface area contributed by atoms with Gasteiger partial charge in [0.25, 0.3) is 0 Å². The summed E-state index contributed by atoms with van der Waals surface area (Å²) in [7, 11) is 0. The molecule has 1 aromatic rings. The zero-order chi connectivity index (χ0) is 20.1. The molecule has 0 spiro atoms. The number of esters is 1. The number of urea groups is 1. The topological polar surface area (TPSA) is 73.9 Å². The lowest BCUT2D eigenvalue weighted by Crippen LogP contribution is -2.51. The molecule has 0 aromatic heterocycles. The fourth-order valence-corrected chi connectivity index (χ4v) is 3.71. The molecule has 7 nitrogen and oxygen atoms in total. The normalized spacial score (nSPS) is 21.2. The molecule has 0 unspecified atom stereocenters. The third-order valence-electron chi connectivity index (χ3n) is 5.15. The van der Waals surface area contributed by atoms with E-state index in [0.29, 0.717) is 22.8 Å². The van der Waals surface area contributed by atoms with Crippen LogP contribution in [0.3, 0.4) is 0 Å². The lowest BCUT2D eigenvalue weighted by atomic mass is 9.95. The van der Waals surface area contributed by atoms with Crippen molar-refractivity contribution in [1.82, 2.24) is 20.4 Å². The number of carbonyl (C=O) groups excluding carboxylic acids is 2. The van der Waals surface area contributed by atoms with Crippen molar-refractivity contribution in [1.29, 1.82) is 0 Å². The van der Waals surface area contributed by atoms with E-state index in [-0.39, 0.29) is 12.6 Å². The van der Waals surface area contributed by atoms with Crippen molar-refractivity contribution in [3.05, 3.63) is 46.1 Å². The van der Waals surface area contributed by atoms with Crippen LogP contribution in [0.1, 0.15) is 25.5 Å². The maximum Gasteiger partial charge on any atom is 0.338 e. The van der Waals surface area contributed by atoms with Gasteiger partial charge in [0.05, 0.1) is 18.2 Å². The number of rotatable bonds is 6. The highest BCUT2D eigenvalue weighted by Gasteiger charge is 2.34. The third kappa shape index (κ3) is 4.84. The Bertz CT molecular complexity index is 742. The van der Waals surface area contributed by atoms with Crippen LogP contribution in [0.4, 0.5) is 4.79 Å². The van der Waals surface area contributed by atoms with E-state index in [1.807, 2.05) is 12.1 Å². The molecule has 1 fully saturated rings. The number of hydrogen-bond donors (Lipinski definition) is 2. The standard InChI is InChI=1S/C20H27ClN4O3/c1-3-24-9-11-25(12-10-24)13-16-17(19(26)28-4-2)18(23-20(27)22-16)14-5-7-15(21)8-6-14/h5-8,18H,3-4,9-13H2,1-2H3,(H2,22,23,27)/t18-/m1/s1. The van der Waals surface area contributed by atoms with Crippen molar-refractivity contribution in [2.24, 2.45) is 0 Å². The molecule has 3 rings (SSSR count). The Morgan fingerprint density at radius 2 is 1.79 bits per heavy atom. The van der Waals surface area contributed by atoms with Gasteiger partial charge in [-0.1, -0.05) is 30.7 Å². The van der Waals surface area contributed by atoms with Crippen LogP contribution in [0.25, 0.3) is 0 Å². The summed E-state index contributed by atoms with van der Waals surface area (Å²) < 4.78 is 5.31. The molecule has 0 radical (unpaired) electrons. The molecule has 0 aliphatic carbocycles. The first-order valence-electron chi connectivity index (χ1n) is 9.69. The average molecular weight is 407 g/mol. The molecule has 2 aliphatic heterocycles. The summed E-state index contributed by atoms with van der Waals surface area (Å²) in [5.41, 5.74) is 1.84. The minimum absolute atomic E-state index is 0.270. The zero-order valence-electron chi connectivity index (χ0n) is 16.3. The van der Waals surface area contributed by atoms with Crippen molar-refractivity contribution in [2.45, 2.75) is 19.9 Å². The number of carbonyl (C=O) groups is 2. The second-order valence-corrected chi connectivity index (χ2v) is 7.34. The summed E-state index contributed by atoms with van der Waals surface area (Å²) in [5.74, 6) is -0.419. The molecule has 0 bridgehead atoms. The Morgan fingerprint density at radius 1 is 1.14 bits per heavy atom. The number of amides is 2. The van der Waals surface area contributed by atoms with Crippen molar-refractivity contribution >= 4 is 23.6 Å². The summed E-state index contributed by atoms with van der Waals surface area (Å²) in [5, 5.41) is 6.28. The van der Waals surface area contributed by atoms with Crippen molar-refractivity contribution in [3.63, 3.8) is 0 Å². The van der Waals surface area contributed by atoms with Crippen LogP contribution in [0, 0.1) is 0 Å². The van der Waals surface area contributed by atoms with Gasteiger partial charge in [-0.05, 0) is 31.2 Å². The summed E-state index contributed by atoms with van der Waals surface area (Å²) in [4.78, 5) is 29.7. The maximum absolute atomic E-state index is 12.8. The Labute approximate surface area is 170 Å². The van der Waals surface area contributed by atoms with Gasteiger partial charge in [-0.25, -0.2) is 9.59 Å². The molecule has 2 N–H and O–H groups in total. The minimum Gasteiger partial charge on any atom is -0.463 e. The van der Waals surface area contributed by atoms with Crippen LogP contribution in [-0.2, 0) is 9.53 Å². The monoisotopic (exact) mass is 406 g/mol. The van der Waals surface area contributed by atoms with Crippen LogP contribution in [0.2, 0.25) is 5.02 Å². The van der Waals surface area contributed by atoms with Crippen LogP contribution in [0.15, 0.2) is 35.5 Å². The first kappa shape index (κ1) is 20.6. The number of benzene rings is 1. The van der Waals surface area contributed by atoms with Crippen molar-refractivity contribution in [3.8, 4) is 0 Å². The van der Waals surface area contributed by atoms with Crippen LogP contribution >= 0.6 is 11.6 Å². The van der Waals surface area contributed by atoms with E-state index in [0.717, 1.165) is 38.3 Å². The van der Waals surface area contributed by atoms with Gasteiger partial charge in [0.1, 0.15) is 0 Å². The quantitative estimate of drug-likeness (QED) is 0.708. The molecule has 2 aliphatic rings. The smallest absolute Gasteiger partial charge is 0.338 e. The summed E-state index contributed by atoms with van der Waals surface area (Å²) in [6, 6.07) is 6.23. The SMILES string of the molecule is CCOC(=O)C1=C(CN2CCN(CC)CC2)NC(=O)N[C@@H]1c1ccc(Cl)cc1. The summed E-state index contributed by atoms with van der Waals surface area (Å²) >= 11 is 6.00. The summed E-state index contributed by atoms with van der Waals surface area (Å²) in [6.07, 6.45) is 0. The van der Waals surface area contributed by atoms with Crippen LogP contribution < -0.4 is 10.6 Å². The third-order valence-corrected chi connectivity index (χ3v) is 5.40. The molecule has 2 amide bonds. The fourth-order valence-electron chi connectivity index (χ4n) is 3.59. The van der Waals surface area contributed by atoms with Gasteiger partial charge in [-0.15, -0.1) is 0 Å². The second-order valence-electron chi connectivity index (χ2n) is 6.91. The second kappa shape index (κ2) is 9.41. The van der Waals surface area contributed by atoms with E-state index in [9.17, 15) is 9.59 Å². The number of halogens is 1.